The minimum absolute atomic E-state index is 0.523. The summed E-state index contributed by atoms with van der Waals surface area (Å²) < 4.78 is 25.6. The minimum atomic E-state index is -1.11. The zero-order valence-electron chi connectivity index (χ0n) is 7.42. The van der Waals surface area contributed by atoms with E-state index in [2.05, 4.69) is 0 Å². The van der Waals surface area contributed by atoms with Crippen molar-refractivity contribution < 1.29 is 18.7 Å². The molecule has 0 bridgehead atoms. The first-order chi connectivity index (χ1) is 6.43. The number of carbonyl (C=O) groups excluding carboxylic acids is 1. The second kappa shape index (κ2) is 3.71. The van der Waals surface area contributed by atoms with E-state index in [0.29, 0.717) is 12.1 Å². The molecule has 0 spiro atoms. The fourth-order valence-electron chi connectivity index (χ4n) is 1.03. The first-order valence-corrected chi connectivity index (χ1v) is 3.91. The molecule has 76 valence electrons. The predicted octanol–water partition coefficient (Wildman–Crippen LogP) is 1.20. The number of phenolic OH excluding ortho intramolecular Hbond substituents is 1. The lowest BCUT2D eigenvalue weighted by atomic mass is 10.0. The number of aromatic hydroxyl groups is 1. The van der Waals surface area contributed by atoms with E-state index in [-0.39, 0.29) is 0 Å². The van der Waals surface area contributed by atoms with Crippen LogP contribution in [0.1, 0.15) is 17.3 Å². The average Bonchev–Trinajstić information content (AvgIpc) is 2.01. The van der Waals surface area contributed by atoms with E-state index in [0.717, 1.165) is 0 Å². The van der Waals surface area contributed by atoms with Crippen molar-refractivity contribution in [3.63, 3.8) is 0 Å². The second-order valence-corrected chi connectivity index (χ2v) is 2.93. The average molecular weight is 201 g/mol. The topological polar surface area (TPSA) is 63.3 Å². The maximum absolute atomic E-state index is 13.0. The van der Waals surface area contributed by atoms with Gasteiger partial charge in [-0.1, -0.05) is 0 Å². The maximum atomic E-state index is 13.0. The van der Waals surface area contributed by atoms with Crippen molar-refractivity contribution >= 4 is 5.78 Å². The number of phenols is 1. The first-order valence-electron chi connectivity index (χ1n) is 3.91. The molecule has 0 heterocycles. The van der Waals surface area contributed by atoms with Crippen molar-refractivity contribution in [3.05, 3.63) is 29.3 Å². The van der Waals surface area contributed by atoms with E-state index in [1.165, 1.54) is 6.92 Å². The van der Waals surface area contributed by atoms with Gasteiger partial charge in [0.25, 0.3) is 0 Å². The predicted molar refractivity (Wildman–Crippen MR) is 46.0 cm³/mol. The summed E-state index contributed by atoms with van der Waals surface area (Å²) in [6.07, 6.45) is 0. The molecular weight excluding hydrogens is 192 g/mol. The van der Waals surface area contributed by atoms with Crippen molar-refractivity contribution in [2.75, 3.05) is 0 Å². The fraction of sp³-hybridized carbons (Fsp3) is 0.222. The number of benzene rings is 1. The number of ketones is 1. The molecule has 0 radical (unpaired) electrons. The summed E-state index contributed by atoms with van der Waals surface area (Å²) in [6.45, 7) is 1.35. The van der Waals surface area contributed by atoms with Crippen LogP contribution in [-0.2, 0) is 0 Å². The van der Waals surface area contributed by atoms with Gasteiger partial charge in [0.15, 0.2) is 5.78 Å². The molecule has 0 amide bonds. The third-order valence-corrected chi connectivity index (χ3v) is 1.69. The van der Waals surface area contributed by atoms with Crippen LogP contribution in [0.15, 0.2) is 12.1 Å². The Balaban J connectivity index is 3.28. The highest BCUT2D eigenvalue weighted by Gasteiger charge is 2.20. The van der Waals surface area contributed by atoms with Crippen molar-refractivity contribution in [1.82, 2.24) is 0 Å². The molecule has 0 aromatic heterocycles. The quantitative estimate of drug-likeness (QED) is 0.706. The smallest absolute Gasteiger partial charge is 0.185 e. The van der Waals surface area contributed by atoms with E-state index in [1.807, 2.05) is 0 Å². The summed E-state index contributed by atoms with van der Waals surface area (Å²) in [4.78, 5) is 11.2. The Morgan fingerprint density at radius 3 is 2.50 bits per heavy atom. The molecule has 0 fully saturated rings. The Bertz CT molecular complexity index is 354. The summed E-state index contributed by atoms with van der Waals surface area (Å²) in [5.41, 5.74) is 4.65. The number of carbonyl (C=O) groups is 1. The summed E-state index contributed by atoms with van der Waals surface area (Å²) in [5, 5.41) is 9.14. The Morgan fingerprint density at radius 2 is 2.07 bits per heavy atom. The van der Waals surface area contributed by atoms with Crippen LogP contribution in [0.2, 0.25) is 0 Å². The summed E-state index contributed by atoms with van der Waals surface area (Å²) in [5.74, 6) is -3.55. The molecule has 1 rings (SSSR count). The number of rotatable bonds is 2. The van der Waals surface area contributed by atoms with Gasteiger partial charge < -0.3 is 10.8 Å². The fourth-order valence-corrected chi connectivity index (χ4v) is 1.03. The van der Waals surface area contributed by atoms with Gasteiger partial charge in [-0.2, -0.15) is 0 Å². The Kier molecular flexibility index (Phi) is 2.81. The number of Topliss-reactive ketones (excluding diaryl/α,β-unsaturated/α-hetero) is 1. The van der Waals surface area contributed by atoms with Crippen LogP contribution in [0.5, 0.6) is 5.75 Å². The highest BCUT2D eigenvalue weighted by molar-refractivity contribution is 6.02. The molecular formula is C9H9F2NO2. The Hall–Kier alpha value is -1.49. The van der Waals surface area contributed by atoms with Gasteiger partial charge in [0.2, 0.25) is 0 Å². The largest absolute Gasteiger partial charge is 0.507 e. The highest BCUT2D eigenvalue weighted by atomic mass is 19.1. The molecule has 14 heavy (non-hydrogen) atoms. The SMILES string of the molecule is CC(N)C(=O)c1c(O)cc(F)cc1F. The molecule has 0 aliphatic carbocycles. The molecule has 0 saturated heterocycles. The van der Waals surface area contributed by atoms with Gasteiger partial charge in [0.1, 0.15) is 17.4 Å². The Labute approximate surface area is 79.2 Å². The van der Waals surface area contributed by atoms with E-state index >= 15 is 0 Å². The van der Waals surface area contributed by atoms with Gasteiger partial charge in [-0.05, 0) is 6.92 Å². The van der Waals surface area contributed by atoms with Crippen LogP contribution in [-0.4, -0.2) is 16.9 Å². The molecule has 1 aromatic carbocycles. The van der Waals surface area contributed by atoms with Crippen molar-refractivity contribution in [2.45, 2.75) is 13.0 Å². The summed E-state index contributed by atoms with van der Waals surface area (Å²) >= 11 is 0. The van der Waals surface area contributed by atoms with Gasteiger partial charge in [0, 0.05) is 12.1 Å². The molecule has 1 atom stereocenters. The van der Waals surface area contributed by atoms with Gasteiger partial charge >= 0.3 is 0 Å². The molecule has 3 nitrogen and oxygen atoms in total. The molecule has 1 unspecified atom stereocenters. The molecule has 0 aliphatic heterocycles. The number of nitrogens with two attached hydrogens (primary N) is 1. The zero-order chi connectivity index (χ0) is 10.9. The van der Waals surface area contributed by atoms with Crippen LogP contribution in [0, 0.1) is 11.6 Å². The van der Waals surface area contributed by atoms with Crippen LogP contribution in [0.3, 0.4) is 0 Å². The van der Waals surface area contributed by atoms with Gasteiger partial charge in [-0.15, -0.1) is 0 Å². The van der Waals surface area contributed by atoms with Crippen LogP contribution < -0.4 is 5.73 Å². The minimum Gasteiger partial charge on any atom is -0.507 e. The van der Waals surface area contributed by atoms with Crippen molar-refractivity contribution in [2.24, 2.45) is 5.73 Å². The monoisotopic (exact) mass is 201 g/mol. The highest BCUT2D eigenvalue weighted by Crippen LogP contribution is 2.23. The lowest BCUT2D eigenvalue weighted by molar-refractivity contribution is 0.0961. The normalized spacial score (nSPS) is 12.6. The second-order valence-electron chi connectivity index (χ2n) is 2.93. The number of hydrogen-bond acceptors (Lipinski definition) is 3. The summed E-state index contributed by atoms with van der Waals surface area (Å²) in [7, 11) is 0. The lowest BCUT2D eigenvalue weighted by Gasteiger charge is -2.07. The van der Waals surface area contributed by atoms with Gasteiger partial charge in [0.05, 0.1) is 11.6 Å². The standard InChI is InChI=1S/C9H9F2NO2/c1-4(12)9(14)8-6(11)2-5(10)3-7(8)13/h2-4,13H,12H2,1H3. The zero-order valence-corrected chi connectivity index (χ0v) is 7.42. The third-order valence-electron chi connectivity index (χ3n) is 1.69. The van der Waals surface area contributed by atoms with Crippen LogP contribution >= 0.6 is 0 Å². The molecule has 1 aromatic rings. The number of hydrogen-bond donors (Lipinski definition) is 2. The van der Waals surface area contributed by atoms with Crippen molar-refractivity contribution in [3.8, 4) is 5.75 Å². The van der Waals surface area contributed by atoms with E-state index in [9.17, 15) is 13.6 Å². The summed E-state index contributed by atoms with van der Waals surface area (Å²) in [6, 6.07) is 0.245. The van der Waals surface area contributed by atoms with E-state index in [1.54, 1.807) is 0 Å². The maximum Gasteiger partial charge on any atom is 0.185 e. The molecule has 0 saturated carbocycles. The first kappa shape index (κ1) is 10.6. The third kappa shape index (κ3) is 1.88. The van der Waals surface area contributed by atoms with E-state index in [4.69, 9.17) is 10.8 Å². The number of halogens is 2. The Morgan fingerprint density at radius 1 is 1.50 bits per heavy atom. The van der Waals surface area contributed by atoms with Crippen LogP contribution in [0.4, 0.5) is 8.78 Å². The molecule has 0 aliphatic rings. The molecule has 3 N–H and O–H groups in total. The molecule has 5 heteroatoms. The van der Waals surface area contributed by atoms with E-state index < -0.39 is 34.8 Å². The van der Waals surface area contributed by atoms with Crippen LogP contribution in [0.25, 0.3) is 0 Å². The van der Waals surface area contributed by atoms with Gasteiger partial charge in [-0.3, -0.25) is 4.79 Å². The lowest BCUT2D eigenvalue weighted by Crippen LogP contribution is -2.27. The van der Waals surface area contributed by atoms with Crippen molar-refractivity contribution in [1.29, 1.82) is 0 Å². The van der Waals surface area contributed by atoms with Gasteiger partial charge in [-0.25, -0.2) is 8.78 Å².